The molecule has 7 nitrogen and oxygen atoms in total. The fraction of sp³-hybridized carbons (Fsp3) is 0.421. The molecule has 0 unspecified atom stereocenters. The number of aryl methyl sites for hydroxylation is 1. The van der Waals surface area contributed by atoms with Gasteiger partial charge in [-0.25, -0.2) is 4.68 Å². The lowest BCUT2D eigenvalue weighted by Crippen LogP contribution is -2.82. The van der Waals surface area contributed by atoms with Gasteiger partial charge in [-0.05, 0) is 47.0 Å². The third-order valence-electron chi connectivity index (χ3n) is 4.00. The predicted octanol–water partition coefficient (Wildman–Crippen LogP) is 2.50. The number of hydrogen-bond acceptors (Lipinski definition) is 7. The molecular weight excluding hydrogens is 394 g/mol. The number of ether oxygens (including phenoxy) is 2. The highest BCUT2D eigenvalue weighted by atomic mass is 32.2. The summed E-state index contributed by atoms with van der Waals surface area (Å²) in [4.78, 5) is 1.20. The Labute approximate surface area is 173 Å². The molecule has 0 fully saturated rings. The van der Waals surface area contributed by atoms with Crippen LogP contribution in [0.2, 0.25) is 0 Å². The number of thiophene rings is 1. The summed E-state index contributed by atoms with van der Waals surface area (Å²) in [6.07, 6.45) is 1.10. The lowest BCUT2D eigenvalue weighted by atomic mass is 10.2. The third-order valence-corrected chi connectivity index (χ3v) is 5.95. The molecule has 28 heavy (non-hydrogen) atoms. The van der Waals surface area contributed by atoms with Crippen molar-refractivity contribution in [1.29, 1.82) is 0 Å². The van der Waals surface area contributed by atoms with E-state index in [1.165, 1.54) is 10.4 Å². The normalized spacial score (nSPS) is 10.9. The minimum Gasteiger partial charge on any atom is -0.490 e. The van der Waals surface area contributed by atoms with Crippen LogP contribution in [0.4, 0.5) is 0 Å². The second-order valence-corrected chi connectivity index (χ2v) is 8.25. The summed E-state index contributed by atoms with van der Waals surface area (Å²) in [5.41, 5.74) is 1.23. The van der Waals surface area contributed by atoms with Gasteiger partial charge in [0.2, 0.25) is 5.16 Å². The van der Waals surface area contributed by atoms with Crippen LogP contribution in [-0.2, 0) is 20.2 Å². The van der Waals surface area contributed by atoms with E-state index in [1.807, 2.05) is 26.1 Å². The first-order valence-electron chi connectivity index (χ1n) is 9.34. The SMILES string of the molecule is CCOc1cc(C[NH2+]CCCSc2nnnn2C)ccc1OCc1cccs1. The average Bonchev–Trinajstić information content (AvgIpc) is 3.36. The van der Waals surface area contributed by atoms with E-state index in [-0.39, 0.29) is 0 Å². The zero-order chi connectivity index (χ0) is 19.6. The van der Waals surface area contributed by atoms with Crippen LogP contribution < -0.4 is 14.8 Å². The molecule has 2 aromatic heterocycles. The molecule has 0 aliphatic heterocycles. The van der Waals surface area contributed by atoms with E-state index < -0.39 is 0 Å². The molecule has 0 saturated carbocycles. The van der Waals surface area contributed by atoms with Gasteiger partial charge >= 0.3 is 0 Å². The van der Waals surface area contributed by atoms with E-state index in [9.17, 15) is 0 Å². The molecule has 0 amide bonds. The standard InChI is InChI=1S/C19H25N5O2S2/c1-3-25-18-12-15(7-8-17(18)26-14-16-6-4-10-27-16)13-20-9-5-11-28-19-21-22-23-24(19)2/h4,6-8,10,12,20H,3,5,9,11,13-14H2,1-2H3/p+1. The lowest BCUT2D eigenvalue weighted by Gasteiger charge is -2.13. The van der Waals surface area contributed by atoms with Crippen LogP contribution in [0.15, 0.2) is 40.9 Å². The van der Waals surface area contributed by atoms with Crippen molar-refractivity contribution in [3.63, 3.8) is 0 Å². The summed E-state index contributed by atoms with van der Waals surface area (Å²) in [5, 5.41) is 16.7. The Morgan fingerprint density at radius 2 is 2.14 bits per heavy atom. The fourth-order valence-corrected chi connectivity index (χ4v) is 4.04. The van der Waals surface area contributed by atoms with Gasteiger partial charge in [-0.3, -0.25) is 0 Å². The number of tetrazole rings is 1. The van der Waals surface area contributed by atoms with Crippen LogP contribution in [0.1, 0.15) is 23.8 Å². The zero-order valence-corrected chi connectivity index (χ0v) is 17.8. The summed E-state index contributed by atoms with van der Waals surface area (Å²) in [7, 11) is 1.86. The molecule has 0 aliphatic carbocycles. The minimum atomic E-state index is 0.571. The number of benzene rings is 1. The molecule has 1 aromatic carbocycles. The highest BCUT2D eigenvalue weighted by Crippen LogP contribution is 2.29. The van der Waals surface area contributed by atoms with Crippen LogP contribution in [0.5, 0.6) is 11.5 Å². The van der Waals surface area contributed by atoms with Gasteiger partial charge in [-0.1, -0.05) is 17.8 Å². The van der Waals surface area contributed by atoms with Crippen molar-refractivity contribution in [2.75, 3.05) is 18.9 Å². The fourth-order valence-electron chi connectivity index (χ4n) is 2.61. The monoisotopic (exact) mass is 420 g/mol. The van der Waals surface area contributed by atoms with Crippen LogP contribution in [0.3, 0.4) is 0 Å². The molecule has 0 bridgehead atoms. The molecule has 2 N–H and O–H groups in total. The Balaban J connectivity index is 1.43. The van der Waals surface area contributed by atoms with Crippen molar-refractivity contribution < 1.29 is 14.8 Å². The smallest absolute Gasteiger partial charge is 0.209 e. The van der Waals surface area contributed by atoms with Gasteiger partial charge in [0.1, 0.15) is 13.2 Å². The maximum atomic E-state index is 5.95. The molecule has 0 saturated heterocycles. The summed E-state index contributed by atoms with van der Waals surface area (Å²) in [5.74, 6) is 2.62. The van der Waals surface area contributed by atoms with Crippen molar-refractivity contribution in [2.45, 2.75) is 31.7 Å². The third kappa shape index (κ3) is 6.22. The summed E-state index contributed by atoms with van der Waals surface area (Å²) in [6.45, 7) is 5.16. The summed E-state index contributed by atoms with van der Waals surface area (Å²) in [6, 6.07) is 10.3. The number of nitrogens with two attached hydrogens (primary N) is 1. The van der Waals surface area contributed by atoms with E-state index in [0.717, 1.165) is 41.9 Å². The van der Waals surface area contributed by atoms with Crippen molar-refractivity contribution in [3.8, 4) is 11.5 Å². The van der Waals surface area contributed by atoms with Gasteiger partial charge in [0, 0.05) is 29.7 Å². The van der Waals surface area contributed by atoms with Crippen LogP contribution in [0, 0.1) is 0 Å². The number of thioether (sulfide) groups is 1. The Bertz CT molecular complexity index is 839. The van der Waals surface area contributed by atoms with Crippen molar-refractivity contribution in [3.05, 3.63) is 46.2 Å². The van der Waals surface area contributed by atoms with E-state index in [0.29, 0.717) is 13.2 Å². The first kappa shape index (κ1) is 20.6. The quantitative estimate of drug-likeness (QED) is 0.358. The molecule has 3 rings (SSSR count). The van der Waals surface area contributed by atoms with Gasteiger partial charge in [0.15, 0.2) is 11.5 Å². The molecular formula is C19H26N5O2S2+. The molecule has 3 aromatic rings. The summed E-state index contributed by atoms with van der Waals surface area (Å²) >= 11 is 3.38. The Hall–Kier alpha value is -2.10. The zero-order valence-electron chi connectivity index (χ0n) is 16.2. The number of aromatic nitrogens is 4. The molecule has 9 heteroatoms. The van der Waals surface area contributed by atoms with Crippen molar-refractivity contribution in [1.82, 2.24) is 20.2 Å². The molecule has 0 aliphatic rings. The van der Waals surface area contributed by atoms with E-state index >= 15 is 0 Å². The largest absolute Gasteiger partial charge is 0.490 e. The second kappa shape index (κ2) is 11.0. The van der Waals surface area contributed by atoms with Crippen molar-refractivity contribution >= 4 is 23.1 Å². The molecule has 150 valence electrons. The van der Waals surface area contributed by atoms with Crippen LogP contribution in [-0.4, -0.2) is 39.1 Å². The van der Waals surface area contributed by atoms with Gasteiger partial charge in [-0.2, -0.15) is 0 Å². The predicted molar refractivity (Wildman–Crippen MR) is 111 cm³/mol. The summed E-state index contributed by atoms with van der Waals surface area (Å²) < 4.78 is 13.4. The van der Waals surface area contributed by atoms with E-state index in [1.54, 1.807) is 27.8 Å². The minimum absolute atomic E-state index is 0.571. The lowest BCUT2D eigenvalue weighted by molar-refractivity contribution is -0.670. The highest BCUT2D eigenvalue weighted by molar-refractivity contribution is 7.99. The van der Waals surface area contributed by atoms with Gasteiger partial charge < -0.3 is 14.8 Å². The topological polar surface area (TPSA) is 78.7 Å². The van der Waals surface area contributed by atoms with Crippen LogP contribution >= 0.6 is 23.1 Å². The number of hydrogen-bond donors (Lipinski definition) is 1. The molecule has 2 heterocycles. The number of rotatable bonds is 12. The maximum Gasteiger partial charge on any atom is 0.209 e. The van der Waals surface area contributed by atoms with Gasteiger partial charge in [0.05, 0.1) is 13.2 Å². The van der Waals surface area contributed by atoms with E-state index in [2.05, 4.69) is 44.4 Å². The van der Waals surface area contributed by atoms with E-state index in [4.69, 9.17) is 9.47 Å². The maximum absolute atomic E-state index is 5.95. The molecule has 0 atom stereocenters. The first-order chi connectivity index (χ1) is 13.8. The van der Waals surface area contributed by atoms with Gasteiger partial charge in [-0.15, -0.1) is 16.4 Å². The number of quaternary nitrogens is 1. The Morgan fingerprint density at radius 1 is 1.21 bits per heavy atom. The first-order valence-corrected chi connectivity index (χ1v) is 11.2. The van der Waals surface area contributed by atoms with Crippen LogP contribution in [0.25, 0.3) is 0 Å². The average molecular weight is 421 g/mol. The van der Waals surface area contributed by atoms with Crippen molar-refractivity contribution in [2.24, 2.45) is 7.05 Å². The Morgan fingerprint density at radius 3 is 2.89 bits per heavy atom. The van der Waals surface area contributed by atoms with Gasteiger partial charge in [0.25, 0.3) is 0 Å². The molecule has 0 spiro atoms. The second-order valence-electron chi connectivity index (χ2n) is 6.15. The Kier molecular flexibility index (Phi) is 8.13. The molecule has 0 radical (unpaired) electrons. The number of nitrogens with zero attached hydrogens (tertiary/aromatic N) is 4. The highest BCUT2D eigenvalue weighted by Gasteiger charge is 2.09.